The molecule has 0 aliphatic heterocycles. The lowest BCUT2D eigenvalue weighted by Gasteiger charge is -2.38. The summed E-state index contributed by atoms with van der Waals surface area (Å²) in [6.07, 6.45) is 2.64. The summed E-state index contributed by atoms with van der Waals surface area (Å²) in [5.74, 6) is -2.42. The molecule has 0 aromatic rings. The Morgan fingerprint density at radius 3 is 2.55 bits per heavy atom. The van der Waals surface area contributed by atoms with Crippen molar-refractivity contribution in [1.29, 1.82) is 0 Å². The highest BCUT2D eigenvalue weighted by atomic mass is 16.4. The average molecular weight is 286 g/mol. The fraction of sp³-hybridized carbons (Fsp3) is 0.769. The summed E-state index contributed by atoms with van der Waals surface area (Å²) in [6, 6.07) is -1.39. The number of hydrogen-bond acceptors (Lipinski definition) is 4. The summed E-state index contributed by atoms with van der Waals surface area (Å²) >= 11 is 0. The Morgan fingerprint density at radius 1 is 1.35 bits per heavy atom. The number of carboxylic acids is 2. The van der Waals surface area contributed by atoms with Crippen molar-refractivity contribution in [3.05, 3.63) is 0 Å². The van der Waals surface area contributed by atoms with Crippen LogP contribution in [0.4, 0.5) is 0 Å². The van der Waals surface area contributed by atoms with E-state index >= 15 is 0 Å². The maximum absolute atomic E-state index is 11.9. The van der Waals surface area contributed by atoms with Crippen molar-refractivity contribution < 1.29 is 24.6 Å². The quantitative estimate of drug-likeness (QED) is 0.556. The first kappa shape index (κ1) is 16.4. The summed E-state index contributed by atoms with van der Waals surface area (Å²) < 4.78 is 0. The van der Waals surface area contributed by atoms with Crippen LogP contribution in [-0.4, -0.2) is 40.1 Å². The second kappa shape index (κ2) is 6.69. The zero-order valence-electron chi connectivity index (χ0n) is 11.6. The Labute approximate surface area is 117 Å². The molecule has 1 aliphatic carbocycles. The first-order valence-electron chi connectivity index (χ1n) is 6.78. The average Bonchev–Trinajstić information content (AvgIpc) is 2.38. The first-order valence-corrected chi connectivity index (χ1v) is 6.78. The van der Waals surface area contributed by atoms with Crippen LogP contribution < -0.4 is 11.1 Å². The van der Waals surface area contributed by atoms with Crippen LogP contribution in [0.15, 0.2) is 0 Å². The van der Waals surface area contributed by atoms with Gasteiger partial charge in [-0.1, -0.05) is 12.8 Å². The molecule has 114 valence electrons. The Balaban J connectivity index is 2.62. The van der Waals surface area contributed by atoms with E-state index in [1.807, 2.05) is 0 Å². The van der Waals surface area contributed by atoms with Gasteiger partial charge in [-0.3, -0.25) is 14.4 Å². The maximum Gasteiger partial charge on any atom is 0.311 e. The minimum atomic E-state index is -1.01. The van der Waals surface area contributed by atoms with Crippen molar-refractivity contribution in [3.63, 3.8) is 0 Å². The number of aliphatic carboxylic acids is 2. The van der Waals surface area contributed by atoms with Gasteiger partial charge in [-0.15, -0.1) is 0 Å². The molecular weight excluding hydrogens is 264 g/mol. The second-order valence-electron chi connectivity index (χ2n) is 5.57. The van der Waals surface area contributed by atoms with Crippen LogP contribution in [0.1, 0.15) is 45.4 Å². The molecule has 7 heteroatoms. The fourth-order valence-electron chi connectivity index (χ4n) is 2.51. The van der Waals surface area contributed by atoms with Crippen LogP contribution in [0, 0.1) is 5.41 Å². The van der Waals surface area contributed by atoms with Gasteiger partial charge < -0.3 is 21.3 Å². The van der Waals surface area contributed by atoms with E-state index in [0.717, 1.165) is 12.8 Å². The molecule has 0 aromatic heterocycles. The molecule has 1 saturated carbocycles. The number of rotatable bonds is 6. The first-order chi connectivity index (χ1) is 9.27. The molecule has 0 heterocycles. The molecule has 20 heavy (non-hydrogen) atoms. The van der Waals surface area contributed by atoms with E-state index in [1.54, 1.807) is 6.92 Å². The van der Waals surface area contributed by atoms with Gasteiger partial charge in [-0.25, -0.2) is 0 Å². The van der Waals surface area contributed by atoms with Crippen molar-refractivity contribution in [3.8, 4) is 0 Å². The molecule has 3 atom stereocenters. The van der Waals surface area contributed by atoms with E-state index in [9.17, 15) is 19.5 Å². The van der Waals surface area contributed by atoms with Crippen LogP contribution in [0.5, 0.6) is 0 Å². The monoisotopic (exact) mass is 286 g/mol. The third-order valence-corrected chi connectivity index (χ3v) is 4.02. The van der Waals surface area contributed by atoms with Crippen LogP contribution in [-0.2, 0) is 14.4 Å². The van der Waals surface area contributed by atoms with Gasteiger partial charge in [0.25, 0.3) is 0 Å². The van der Waals surface area contributed by atoms with Crippen molar-refractivity contribution >= 4 is 17.8 Å². The largest absolute Gasteiger partial charge is 0.481 e. The number of amides is 1. The Bertz CT molecular complexity index is 398. The zero-order valence-corrected chi connectivity index (χ0v) is 11.6. The summed E-state index contributed by atoms with van der Waals surface area (Å²) in [4.78, 5) is 33.7. The molecule has 1 rings (SSSR count). The Morgan fingerprint density at radius 2 is 2.00 bits per heavy atom. The zero-order chi connectivity index (χ0) is 15.3. The predicted molar refractivity (Wildman–Crippen MR) is 71.0 cm³/mol. The minimum Gasteiger partial charge on any atom is -0.481 e. The summed E-state index contributed by atoms with van der Waals surface area (Å²) in [6.45, 7) is 1.63. The lowest BCUT2D eigenvalue weighted by Crippen LogP contribution is -2.55. The molecule has 0 aromatic carbocycles. The molecule has 0 radical (unpaired) electrons. The molecule has 0 bridgehead atoms. The van der Waals surface area contributed by atoms with Crippen LogP contribution in [0.3, 0.4) is 0 Å². The van der Waals surface area contributed by atoms with E-state index < -0.39 is 35.3 Å². The van der Waals surface area contributed by atoms with E-state index in [4.69, 9.17) is 10.8 Å². The lowest BCUT2D eigenvalue weighted by atomic mass is 9.71. The van der Waals surface area contributed by atoms with Gasteiger partial charge in [0.1, 0.15) is 0 Å². The number of carboxylic acid groups (broad SMARTS) is 2. The van der Waals surface area contributed by atoms with Crippen LogP contribution >= 0.6 is 0 Å². The van der Waals surface area contributed by atoms with Crippen LogP contribution in [0.25, 0.3) is 0 Å². The molecule has 5 N–H and O–H groups in total. The van der Waals surface area contributed by atoms with Crippen molar-refractivity contribution in [1.82, 2.24) is 5.32 Å². The summed E-state index contributed by atoms with van der Waals surface area (Å²) in [7, 11) is 0. The van der Waals surface area contributed by atoms with Gasteiger partial charge in [-0.05, 0) is 26.2 Å². The molecule has 1 fully saturated rings. The Kier molecular flexibility index (Phi) is 5.50. The topological polar surface area (TPSA) is 130 Å². The fourth-order valence-corrected chi connectivity index (χ4v) is 2.51. The smallest absolute Gasteiger partial charge is 0.311 e. The third-order valence-electron chi connectivity index (χ3n) is 4.02. The number of nitrogens with one attached hydrogen (secondary N) is 1. The molecule has 0 spiro atoms. The molecule has 1 amide bonds. The van der Waals surface area contributed by atoms with Gasteiger partial charge in [-0.2, -0.15) is 0 Å². The van der Waals surface area contributed by atoms with Crippen LogP contribution in [0.2, 0.25) is 0 Å². The third kappa shape index (κ3) is 3.93. The Hall–Kier alpha value is -1.63. The van der Waals surface area contributed by atoms with Gasteiger partial charge in [0.2, 0.25) is 5.91 Å². The molecule has 1 aliphatic rings. The van der Waals surface area contributed by atoms with Gasteiger partial charge in [0, 0.05) is 12.5 Å². The number of hydrogen-bond donors (Lipinski definition) is 4. The molecule has 0 saturated heterocycles. The van der Waals surface area contributed by atoms with E-state index in [0.29, 0.717) is 12.8 Å². The molecule has 3 unspecified atom stereocenters. The normalized spacial score (nSPS) is 27.6. The summed E-state index contributed by atoms with van der Waals surface area (Å²) in [5.41, 5.74) is 4.64. The second-order valence-corrected chi connectivity index (χ2v) is 5.57. The van der Waals surface area contributed by atoms with Crippen molar-refractivity contribution in [2.45, 2.75) is 57.5 Å². The number of carbonyl (C=O) groups excluding carboxylic acids is 1. The number of carbonyl (C=O) groups is 3. The standard InChI is InChI=1S/C13H22N2O5/c1-13(12(19)20)7-3-2-4-9(13)15-11(18)8(14)5-6-10(16)17/h8-9H,2-7,14H2,1H3,(H,15,18)(H,16,17)(H,19,20). The minimum absolute atomic E-state index is 0.0394. The maximum atomic E-state index is 11.9. The SMILES string of the molecule is CC1(C(=O)O)CCCCC1NC(=O)C(N)CCC(=O)O. The highest BCUT2D eigenvalue weighted by Crippen LogP contribution is 2.36. The van der Waals surface area contributed by atoms with Crippen molar-refractivity contribution in [2.24, 2.45) is 11.1 Å². The predicted octanol–water partition coefficient (Wildman–Crippen LogP) is 0.328. The van der Waals surface area contributed by atoms with E-state index in [2.05, 4.69) is 5.32 Å². The highest BCUT2D eigenvalue weighted by molar-refractivity contribution is 5.84. The molecular formula is C13H22N2O5. The highest BCUT2D eigenvalue weighted by Gasteiger charge is 2.44. The number of nitrogens with two attached hydrogens (primary N) is 1. The van der Waals surface area contributed by atoms with Gasteiger partial charge in [0.05, 0.1) is 11.5 Å². The lowest BCUT2D eigenvalue weighted by molar-refractivity contribution is -0.152. The van der Waals surface area contributed by atoms with E-state index in [-0.39, 0.29) is 12.8 Å². The van der Waals surface area contributed by atoms with Gasteiger partial charge in [0.15, 0.2) is 0 Å². The van der Waals surface area contributed by atoms with Crippen molar-refractivity contribution in [2.75, 3.05) is 0 Å². The van der Waals surface area contributed by atoms with E-state index in [1.165, 1.54) is 0 Å². The summed E-state index contributed by atoms with van der Waals surface area (Å²) in [5, 5.41) is 20.6. The van der Waals surface area contributed by atoms with Gasteiger partial charge >= 0.3 is 11.9 Å². The molecule has 7 nitrogen and oxygen atoms in total.